The Balaban J connectivity index is 2.00. The van der Waals surface area contributed by atoms with E-state index in [9.17, 15) is 5.11 Å². The number of aromatic nitrogens is 1. The molecule has 0 aromatic carbocycles. The molecule has 1 saturated heterocycles. The summed E-state index contributed by atoms with van der Waals surface area (Å²) >= 11 is 1.67. The number of likely N-dealkylation sites (N-methyl/N-ethyl adjacent to an activating group) is 2. The number of aliphatic hydroxyl groups excluding tert-OH is 1. The van der Waals surface area contributed by atoms with E-state index in [-0.39, 0.29) is 17.6 Å². The molecule has 2 unspecified atom stereocenters. The monoisotopic (exact) mass is 297 g/mol. The molecule has 0 saturated carbocycles. The van der Waals surface area contributed by atoms with Gasteiger partial charge in [0, 0.05) is 42.9 Å². The topological polar surface area (TPSA) is 39.6 Å². The van der Waals surface area contributed by atoms with E-state index in [1.54, 1.807) is 11.3 Å². The molecule has 1 aliphatic rings. The van der Waals surface area contributed by atoms with Gasteiger partial charge in [-0.2, -0.15) is 0 Å². The summed E-state index contributed by atoms with van der Waals surface area (Å²) in [5, 5.41) is 13.7. The lowest BCUT2D eigenvalue weighted by Gasteiger charge is -2.40. The minimum atomic E-state index is -0.346. The fraction of sp³-hybridized carbons (Fsp3) is 0.800. The molecule has 5 heteroatoms. The second-order valence-electron chi connectivity index (χ2n) is 6.96. The predicted molar refractivity (Wildman–Crippen MR) is 84.4 cm³/mol. The minimum Gasteiger partial charge on any atom is -0.391 e. The number of hydrogen-bond donors (Lipinski definition) is 1. The van der Waals surface area contributed by atoms with E-state index in [0.29, 0.717) is 6.42 Å². The Morgan fingerprint density at radius 3 is 2.70 bits per heavy atom. The van der Waals surface area contributed by atoms with Gasteiger partial charge in [-0.25, -0.2) is 4.98 Å². The highest BCUT2D eigenvalue weighted by atomic mass is 32.1. The van der Waals surface area contributed by atoms with Crippen LogP contribution in [-0.4, -0.2) is 65.8 Å². The molecule has 0 aliphatic carbocycles. The van der Waals surface area contributed by atoms with Crippen LogP contribution in [-0.2, 0) is 11.8 Å². The van der Waals surface area contributed by atoms with Crippen molar-refractivity contribution in [3.63, 3.8) is 0 Å². The summed E-state index contributed by atoms with van der Waals surface area (Å²) in [4.78, 5) is 9.24. The van der Waals surface area contributed by atoms with E-state index in [0.717, 1.165) is 30.3 Å². The Kier molecular flexibility index (Phi) is 4.84. The summed E-state index contributed by atoms with van der Waals surface area (Å²) < 4.78 is 0. The molecule has 1 N–H and O–H groups in total. The van der Waals surface area contributed by atoms with Gasteiger partial charge in [-0.05, 0) is 14.1 Å². The summed E-state index contributed by atoms with van der Waals surface area (Å²) in [7, 11) is 4.22. The first kappa shape index (κ1) is 15.9. The Bertz CT molecular complexity index is 441. The molecule has 0 bridgehead atoms. The van der Waals surface area contributed by atoms with E-state index >= 15 is 0 Å². The molecule has 1 aliphatic heterocycles. The molecule has 2 rings (SSSR count). The third kappa shape index (κ3) is 3.79. The van der Waals surface area contributed by atoms with Crippen molar-refractivity contribution in [2.24, 2.45) is 0 Å². The highest BCUT2D eigenvalue weighted by molar-refractivity contribution is 7.09. The average Bonchev–Trinajstić information content (AvgIpc) is 2.80. The van der Waals surface area contributed by atoms with Crippen LogP contribution in [0, 0.1) is 0 Å². The molecule has 20 heavy (non-hydrogen) atoms. The SMILES string of the molecule is CN1CCN(C)C(C(O)Cc2nc(C(C)(C)C)cs2)C1. The molecule has 1 aromatic rings. The fourth-order valence-electron chi connectivity index (χ4n) is 2.52. The van der Waals surface area contributed by atoms with Gasteiger partial charge in [0.2, 0.25) is 0 Å². The van der Waals surface area contributed by atoms with Gasteiger partial charge in [-0.15, -0.1) is 11.3 Å². The zero-order valence-electron chi connectivity index (χ0n) is 13.3. The van der Waals surface area contributed by atoms with Crippen LogP contribution in [0.2, 0.25) is 0 Å². The van der Waals surface area contributed by atoms with Crippen molar-refractivity contribution in [3.05, 3.63) is 16.1 Å². The van der Waals surface area contributed by atoms with Gasteiger partial charge in [0.15, 0.2) is 0 Å². The Hall–Kier alpha value is -0.490. The van der Waals surface area contributed by atoms with Crippen molar-refractivity contribution in [2.45, 2.75) is 44.8 Å². The van der Waals surface area contributed by atoms with E-state index in [1.165, 1.54) is 0 Å². The smallest absolute Gasteiger partial charge is 0.0954 e. The van der Waals surface area contributed by atoms with Crippen LogP contribution >= 0.6 is 11.3 Å². The molecule has 0 amide bonds. The number of nitrogens with zero attached hydrogens (tertiary/aromatic N) is 3. The molecule has 2 heterocycles. The van der Waals surface area contributed by atoms with Gasteiger partial charge in [-0.1, -0.05) is 20.8 Å². The maximum atomic E-state index is 10.5. The van der Waals surface area contributed by atoms with Gasteiger partial charge in [-0.3, -0.25) is 4.90 Å². The number of piperazine rings is 1. The standard InChI is InChI=1S/C15H27N3OS/c1-15(2,3)13-10-20-14(16-13)8-12(19)11-9-17(4)6-7-18(11)5/h10-12,19H,6-9H2,1-5H3. The second-order valence-corrected chi connectivity index (χ2v) is 7.90. The van der Waals surface area contributed by atoms with E-state index < -0.39 is 0 Å². The number of thiazole rings is 1. The van der Waals surface area contributed by atoms with Gasteiger partial charge >= 0.3 is 0 Å². The van der Waals surface area contributed by atoms with Crippen molar-refractivity contribution >= 4 is 11.3 Å². The maximum Gasteiger partial charge on any atom is 0.0954 e. The van der Waals surface area contributed by atoms with Crippen LogP contribution in [0.3, 0.4) is 0 Å². The lowest BCUT2D eigenvalue weighted by Crippen LogP contribution is -2.55. The summed E-state index contributed by atoms with van der Waals surface area (Å²) in [5.74, 6) is 0. The summed E-state index contributed by atoms with van der Waals surface area (Å²) in [5.41, 5.74) is 1.21. The fourth-order valence-corrected chi connectivity index (χ4v) is 3.60. The number of rotatable bonds is 3. The number of hydrogen-bond acceptors (Lipinski definition) is 5. The second kappa shape index (κ2) is 6.10. The largest absolute Gasteiger partial charge is 0.391 e. The molecule has 0 spiro atoms. The third-order valence-corrected chi connectivity index (χ3v) is 4.92. The summed E-state index contributed by atoms with van der Waals surface area (Å²) in [6.45, 7) is 9.54. The lowest BCUT2D eigenvalue weighted by atomic mass is 9.93. The van der Waals surface area contributed by atoms with Crippen molar-refractivity contribution in [3.8, 4) is 0 Å². The molecule has 0 radical (unpaired) electrons. The maximum absolute atomic E-state index is 10.5. The van der Waals surface area contributed by atoms with E-state index in [2.05, 4.69) is 55.0 Å². The molecule has 1 fully saturated rings. The van der Waals surface area contributed by atoms with Crippen molar-refractivity contribution in [1.29, 1.82) is 0 Å². The van der Waals surface area contributed by atoms with Crippen LogP contribution < -0.4 is 0 Å². The molecular weight excluding hydrogens is 270 g/mol. The van der Waals surface area contributed by atoms with Crippen molar-refractivity contribution in [2.75, 3.05) is 33.7 Å². The van der Waals surface area contributed by atoms with E-state index in [4.69, 9.17) is 0 Å². The highest BCUT2D eigenvalue weighted by Crippen LogP contribution is 2.25. The lowest BCUT2D eigenvalue weighted by molar-refractivity contribution is 0.0152. The molecule has 114 valence electrons. The van der Waals surface area contributed by atoms with Crippen LogP contribution in [0.4, 0.5) is 0 Å². The van der Waals surface area contributed by atoms with Crippen LogP contribution in [0.25, 0.3) is 0 Å². The first-order valence-corrected chi connectivity index (χ1v) is 8.17. The van der Waals surface area contributed by atoms with Gasteiger partial charge in [0.05, 0.1) is 16.8 Å². The molecule has 1 aromatic heterocycles. The quantitative estimate of drug-likeness (QED) is 0.920. The third-order valence-electron chi connectivity index (χ3n) is 4.05. The van der Waals surface area contributed by atoms with Crippen molar-refractivity contribution < 1.29 is 5.11 Å². The molecule has 2 atom stereocenters. The van der Waals surface area contributed by atoms with Crippen LogP contribution in [0.5, 0.6) is 0 Å². The zero-order chi connectivity index (χ0) is 14.9. The van der Waals surface area contributed by atoms with Crippen molar-refractivity contribution in [1.82, 2.24) is 14.8 Å². The average molecular weight is 297 g/mol. The summed E-state index contributed by atoms with van der Waals surface area (Å²) in [6, 6.07) is 0.204. The molecular formula is C15H27N3OS. The highest BCUT2D eigenvalue weighted by Gasteiger charge is 2.29. The number of aliphatic hydroxyl groups is 1. The van der Waals surface area contributed by atoms with Crippen LogP contribution in [0.15, 0.2) is 5.38 Å². The van der Waals surface area contributed by atoms with Gasteiger partial charge in [0.25, 0.3) is 0 Å². The first-order chi connectivity index (χ1) is 9.27. The van der Waals surface area contributed by atoms with Gasteiger partial charge < -0.3 is 10.0 Å². The Morgan fingerprint density at radius 2 is 2.10 bits per heavy atom. The first-order valence-electron chi connectivity index (χ1n) is 7.29. The Labute approximate surface area is 126 Å². The van der Waals surface area contributed by atoms with Crippen LogP contribution in [0.1, 0.15) is 31.5 Å². The zero-order valence-corrected chi connectivity index (χ0v) is 14.1. The normalized spacial score (nSPS) is 24.0. The predicted octanol–water partition coefficient (Wildman–Crippen LogP) is 1.59. The van der Waals surface area contributed by atoms with Gasteiger partial charge in [0.1, 0.15) is 0 Å². The summed E-state index contributed by atoms with van der Waals surface area (Å²) in [6.07, 6.45) is 0.311. The van der Waals surface area contributed by atoms with E-state index in [1.807, 2.05) is 0 Å². The molecule has 4 nitrogen and oxygen atoms in total. The Morgan fingerprint density at radius 1 is 1.40 bits per heavy atom. The minimum absolute atomic E-state index is 0.0849.